The van der Waals surface area contributed by atoms with Crippen LogP contribution in [0.25, 0.3) is 16.8 Å². The number of nitrogens with one attached hydrogen (secondary N) is 1. The molecule has 3 aromatic heterocycles. The second-order valence-electron chi connectivity index (χ2n) is 10.6. The summed E-state index contributed by atoms with van der Waals surface area (Å²) in [4.78, 5) is 18.9. The lowest BCUT2D eigenvalue weighted by molar-refractivity contribution is -0.328. The van der Waals surface area contributed by atoms with Crippen molar-refractivity contribution < 1.29 is 33.6 Å². The zero-order chi connectivity index (χ0) is 31.0. The number of aromatic nitrogens is 5. The van der Waals surface area contributed by atoms with Gasteiger partial charge in [-0.15, -0.1) is 5.10 Å². The lowest BCUT2D eigenvalue weighted by Gasteiger charge is -2.29. The molecule has 226 valence electrons. The topological polar surface area (TPSA) is 150 Å². The van der Waals surface area contributed by atoms with Gasteiger partial charge in [0.05, 0.1) is 30.6 Å². The maximum atomic E-state index is 15.0. The standard InChI is InChI=1S/C26H29F2N7O5.C2H6/c1-14-9-18(27)19(30-23(36)17-13-29-35(22(17)28)25(2,3)4)12-16(14)15-10-20-31-24(26(37,38)39)32-34(20)21(11-15)33-5-7-40-8-6-33;1-2/h9-13,37-39H,5-8H2,1-4H3,(H,30,36);1-2H3. The number of halogens is 2. The van der Waals surface area contributed by atoms with Crippen molar-refractivity contribution in [1.82, 2.24) is 24.4 Å². The number of pyridine rings is 1. The predicted molar refractivity (Wildman–Crippen MR) is 151 cm³/mol. The van der Waals surface area contributed by atoms with Gasteiger partial charge in [-0.2, -0.15) is 14.0 Å². The Hall–Kier alpha value is -3.98. The molecule has 0 spiro atoms. The third-order valence-corrected chi connectivity index (χ3v) is 6.52. The molecule has 1 fully saturated rings. The first-order valence-corrected chi connectivity index (χ1v) is 13.5. The number of morpholine rings is 1. The van der Waals surface area contributed by atoms with Crippen LogP contribution in [0.5, 0.6) is 0 Å². The van der Waals surface area contributed by atoms with Gasteiger partial charge in [0, 0.05) is 13.1 Å². The number of carbonyl (C=O) groups is 1. The van der Waals surface area contributed by atoms with Crippen molar-refractivity contribution in [2.24, 2.45) is 0 Å². The highest BCUT2D eigenvalue weighted by molar-refractivity contribution is 6.04. The Labute approximate surface area is 241 Å². The van der Waals surface area contributed by atoms with E-state index in [9.17, 15) is 24.5 Å². The Bertz CT molecular complexity index is 1600. The van der Waals surface area contributed by atoms with Gasteiger partial charge in [0.1, 0.15) is 17.2 Å². The molecule has 4 N–H and O–H groups in total. The van der Waals surface area contributed by atoms with E-state index in [1.54, 1.807) is 39.8 Å². The molecule has 1 aromatic carbocycles. The zero-order valence-corrected chi connectivity index (χ0v) is 24.3. The molecule has 0 atom stereocenters. The fourth-order valence-electron chi connectivity index (χ4n) is 4.51. The van der Waals surface area contributed by atoms with Gasteiger partial charge in [-0.05, 0) is 68.7 Å². The van der Waals surface area contributed by atoms with Crippen LogP contribution in [-0.4, -0.2) is 71.9 Å². The summed E-state index contributed by atoms with van der Waals surface area (Å²) in [5, 5.41) is 39.4. The van der Waals surface area contributed by atoms with Crippen LogP contribution in [0.3, 0.4) is 0 Å². The molecule has 1 amide bonds. The summed E-state index contributed by atoms with van der Waals surface area (Å²) in [6, 6.07) is 6.00. The Balaban J connectivity index is 0.00000198. The summed E-state index contributed by atoms with van der Waals surface area (Å²) in [5.41, 5.74) is 0.568. The van der Waals surface area contributed by atoms with Crippen molar-refractivity contribution in [2.75, 3.05) is 36.5 Å². The van der Waals surface area contributed by atoms with Crippen LogP contribution >= 0.6 is 0 Å². The number of amides is 1. The van der Waals surface area contributed by atoms with E-state index in [0.717, 1.165) is 10.9 Å². The summed E-state index contributed by atoms with van der Waals surface area (Å²) >= 11 is 0. The van der Waals surface area contributed by atoms with Gasteiger partial charge >= 0.3 is 5.97 Å². The molecule has 1 aliphatic rings. The smallest absolute Gasteiger partial charge is 0.342 e. The number of anilines is 2. The second-order valence-corrected chi connectivity index (χ2v) is 10.6. The van der Waals surface area contributed by atoms with Crippen LogP contribution in [0.15, 0.2) is 30.5 Å². The van der Waals surface area contributed by atoms with E-state index >= 15 is 4.39 Å². The molecule has 0 unspecified atom stereocenters. The average molecular weight is 588 g/mol. The highest BCUT2D eigenvalue weighted by Gasteiger charge is 2.30. The molecule has 0 bridgehead atoms. The lowest BCUT2D eigenvalue weighted by Crippen LogP contribution is -2.37. The van der Waals surface area contributed by atoms with Crippen molar-refractivity contribution in [1.29, 1.82) is 0 Å². The van der Waals surface area contributed by atoms with E-state index in [0.29, 0.717) is 48.8 Å². The fourth-order valence-corrected chi connectivity index (χ4v) is 4.51. The number of rotatable bonds is 5. The summed E-state index contributed by atoms with van der Waals surface area (Å²) in [7, 11) is 0. The molecule has 1 aliphatic heterocycles. The van der Waals surface area contributed by atoms with Crippen molar-refractivity contribution in [3.63, 3.8) is 0 Å². The van der Waals surface area contributed by atoms with Gasteiger partial charge in [-0.25, -0.2) is 14.1 Å². The third-order valence-electron chi connectivity index (χ3n) is 6.52. The number of benzene rings is 1. The van der Waals surface area contributed by atoms with E-state index in [-0.39, 0.29) is 16.9 Å². The van der Waals surface area contributed by atoms with Gasteiger partial charge in [0.25, 0.3) is 5.91 Å². The minimum Gasteiger partial charge on any atom is -0.378 e. The second kappa shape index (κ2) is 11.7. The third kappa shape index (κ3) is 6.11. The van der Waals surface area contributed by atoms with Crippen LogP contribution in [-0.2, 0) is 16.2 Å². The molecule has 14 heteroatoms. The first-order chi connectivity index (χ1) is 19.7. The zero-order valence-electron chi connectivity index (χ0n) is 24.3. The number of aryl methyl sites for hydroxylation is 1. The molecule has 0 radical (unpaired) electrons. The van der Waals surface area contributed by atoms with E-state index in [1.165, 1.54) is 16.6 Å². The lowest BCUT2D eigenvalue weighted by atomic mass is 9.99. The maximum Gasteiger partial charge on any atom is 0.342 e. The van der Waals surface area contributed by atoms with Gasteiger partial charge < -0.3 is 30.3 Å². The number of aliphatic hydroxyl groups is 3. The van der Waals surface area contributed by atoms with Gasteiger partial charge in [0.2, 0.25) is 11.8 Å². The number of fused-ring (bicyclic) bond motifs is 1. The molecule has 5 rings (SSSR count). The van der Waals surface area contributed by atoms with Crippen LogP contribution in [0, 0.1) is 18.7 Å². The number of nitrogens with zero attached hydrogens (tertiary/aromatic N) is 6. The van der Waals surface area contributed by atoms with Crippen LogP contribution in [0.1, 0.15) is 56.4 Å². The van der Waals surface area contributed by atoms with Crippen molar-refractivity contribution in [3.8, 4) is 11.1 Å². The Morgan fingerprint density at radius 2 is 1.71 bits per heavy atom. The molecule has 42 heavy (non-hydrogen) atoms. The van der Waals surface area contributed by atoms with E-state index in [1.807, 2.05) is 18.7 Å². The summed E-state index contributed by atoms with van der Waals surface area (Å²) in [6.45, 7) is 12.8. The van der Waals surface area contributed by atoms with Crippen molar-refractivity contribution >= 4 is 23.1 Å². The predicted octanol–water partition coefficient (Wildman–Crippen LogP) is 3.14. The monoisotopic (exact) mass is 587 g/mol. The van der Waals surface area contributed by atoms with Gasteiger partial charge in [-0.3, -0.25) is 4.79 Å². The van der Waals surface area contributed by atoms with Crippen LogP contribution in [0.2, 0.25) is 0 Å². The maximum absolute atomic E-state index is 15.0. The number of carbonyl (C=O) groups excluding carboxylic acids is 1. The first-order valence-electron chi connectivity index (χ1n) is 13.5. The largest absolute Gasteiger partial charge is 0.378 e. The summed E-state index contributed by atoms with van der Waals surface area (Å²) in [6.07, 6.45) is 1.10. The van der Waals surface area contributed by atoms with E-state index in [4.69, 9.17) is 4.74 Å². The highest BCUT2D eigenvalue weighted by Crippen LogP contribution is 2.33. The number of hydrogen-bond acceptors (Lipinski definition) is 9. The highest BCUT2D eigenvalue weighted by atomic mass is 19.1. The fraction of sp³-hybridized carbons (Fsp3) is 0.429. The first kappa shape index (κ1) is 31.0. The average Bonchev–Trinajstić information content (AvgIpc) is 3.55. The number of ether oxygens (including phenoxy) is 1. The molecule has 0 aliphatic carbocycles. The van der Waals surface area contributed by atoms with E-state index < -0.39 is 35.0 Å². The molecule has 12 nitrogen and oxygen atoms in total. The Kier molecular flexibility index (Phi) is 8.64. The minimum absolute atomic E-state index is 0.177. The normalized spacial score (nSPS) is 14.1. The molecular weight excluding hydrogens is 552 g/mol. The summed E-state index contributed by atoms with van der Waals surface area (Å²) < 4.78 is 37.8. The molecule has 4 heterocycles. The van der Waals surface area contributed by atoms with Crippen molar-refractivity contribution in [3.05, 3.63) is 59.2 Å². The van der Waals surface area contributed by atoms with Crippen LogP contribution in [0.4, 0.5) is 20.3 Å². The summed E-state index contributed by atoms with van der Waals surface area (Å²) in [5.74, 6) is -5.78. The Morgan fingerprint density at radius 1 is 1.05 bits per heavy atom. The quantitative estimate of drug-likeness (QED) is 0.258. The van der Waals surface area contributed by atoms with Crippen LogP contribution < -0.4 is 10.2 Å². The molecule has 4 aromatic rings. The molecule has 1 saturated heterocycles. The molecular formula is C28H35F2N7O5. The Morgan fingerprint density at radius 3 is 2.31 bits per heavy atom. The van der Waals surface area contributed by atoms with Gasteiger partial charge in [0.15, 0.2) is 5.65 Å². The SMILES string of the molecule is CC.Cc1cc(F)c(NC(=O)c2cnn(C(C)(C)C)c2F)cc1-c1cc(N2CCOCC2)n2nc(C(O)(O)O)nc2c1. The number of hydrogen-bond donors (Lipinski definition) is 4. The van der Waals surface area contributed by atoms with E-state index in [2.05, 4.69) is 20.5 Å². The van der Waals surface area contributed by atoms with Crippen molar-refractivity contribution in [2.45, 2.75) is 53.1 Å². The van der Waals surface area contributed by atoms with Gasteiger partial charge in [-0.1, -0.05) is 13.8 Å². The molecule has 0 saturated carbocycles. The minimum atomic E-state index is -3.26.